The molecule has 0 amide bonds. The van der Waals surface area contributed by atoms with Gasteiger partial charge in [-0.3, -0.25) is 4.79 Å². The van der Waals surface area contributed by atoms with Crippen molar-refractivity contribution in [2.24, 2.45) is 0 Å². The van der Waals surface area contributed by atoms with E-state index >= 15 is 0 Å². The summed E-state index contributed by atoms with van der Waals surface area (Å²) in [5.41, 5.74) is 3.96. The molecule has 0 saturated carbocycles. The van der Waals surface area contributed by atoms with Crippen molar-refractivity contribution in [1.29, 1.82) is 0 Å². The third kappa shape index (κ3) is 4.01. The van der Waals surface area contributed by atoms with Crippen LogP contribution in [0.25, 0.3) is 6.08 Å². The molecular weight excluding hydrogens is 496 g/mol. The van der Waals surface area contributed by atoms with E-state index in [9.17, 15) is 4.79 Å². The number of Topliss-reactive ketones (excluding diaryl/α,β-unsaturated/α-hetero) is 1. The molecule has 0 radical (unpaired) electrons. The molecule has 32 heavy (non-hydrogen) atoms. The molecule has 5 rings (SSSR count). The molecule has 5 nitrogen and oxygen atoms in total. The van der Waals surface area contributed by atoms with Gasteiger partial charge < -0.3 is 18.9 Å². The average Bonchev–Trinajstić information content (AvgIpc) is 3.09. The average molecular weight is 514 g/mol. The fourth-order valence-electron chi connectivity index (χ4n) is 3.79. The lowest BCUT2D eigenvalue weighted by molar-refractivity contribution is -0.0176. The number of rotatable bonds is 4. The van der Waals surface area contributed by atoms with E-state index in [1.54, 1.807) is 30.3 Å². The van der Waals surface area contributed by atoms with Crippen molar-refractivity contribution in [2.75, 3.05) is 6.79 Å². The van der Waals surface area contributed by atoms with Crippen molar-refractivity contribution in [1.82, 2.24) is 0 Å². The molecule has 3 aromatic rings. The first-order valence-corrected chi connectivity index (χ1v) is 11.1. The third-order valence-corrected chi connectivity index (χ3v) is 6.01. The SMILES string of the molecule is Cc1c(OCc2cc(Br)cc3c2OCOC3)ccc2c1O/C(=C\c1cccc(Cl)c1)C2=O. The van der Waals surface area contributed by atoms with Gasteiger partial charge in [-0.15, -0.1) is 0 Å². The second kappa shape index (κ2) is 8.62. The summed E-state index contributed by atoms with van der Waals surface area (Å²) >= 11 is 9.58. The van der Waals surface area contributed by atoms with E-state index in [0.717, 1.165) is 32.5 Å². The molecule has 2 heterocycles. The van der Waals surface area contributed by atoms with Crippen LogP contribution in [0.5, 0.6) is 17.2 Å². The van der Waals surface area contributed by atoms with Crippen LogP contribution in [0.2, 0.25) is 5.02 Å². The molecule has 0 saturated heterocycles. The van der Waals surface area contributed by atoms with Gasteiger partial charge in [-0.2, -0.15) is 0 Å². The number of allylic oxidation sites excluding steroid dienone is 1. The Morgan fingerprint density at radius 1 is 1.16 bits per heavy atom. The maximum Gasteiger partial charge on any atom is 0.231 e. The summed E-state index contributed by atoms with van der Waals surface area (Å²) in [6.07, 6.45) is 1.70. The zero-order valence-electron chi connectivity index (χ0n) is 17.1. The second-order valence-corrected chi connectivity index (χ2v) is 8.86. The molecule has 0 aromatic heterocycles. The summed E-state index contributed by atoms with van der Waals surface area (Å²) in [4.78, 5) is 12.8. The third-order valence-electron chi connectivity index (χ3n) is 5.32. The van der Waals surface area contributed by atoms with Gasteiger partial charge >= 0.3 is 0 Å². The van der Waals surface area contributed by atoms with Crippen LogP contribution in [-0.4, -0.2) is 12.6 Å². The van der Waals surface area contributed by atoms with Crippen molar-refractivity contribution in [3.63, 3.8) is 0 Å². The molecule has 2 aliphatic rings. The molecule has 0 fully saturated rings. The van der Waals surface area contributed by atoms with E-state index in [4.69, 9.17) is 30.5 Å². The minimum absolute atomic E-state index is 0.163. The van der Waals surface area contributed by atoms with E-state index in [0.29, 0.717) is 35.3 Å². The molecule has 162 valence electrons. The highest BCUT2D eigenvalue weighted by Gasteiger charge is 2.30. The van der Waals surface area contributed by atoms with Crippen LogP contribution in [0.1, 0.15) is 32.6 Å². The highest BCUT2D eigenvalue weighted by atomic mass is 79.9. The standard InChI is InChI=1S/C25H18BrClO5/c1-14-21(30-12-17-10-18(26)9-16-11-29-13-31-25(16)17)6-5-20-23(28)22(32-24(14)20)8-15-3-2-4-19(27)7-15/h2-10H,11-13H2,1H3/b22-8-. The zero-order valence-corrected chi connectivity index (χ0v) is 19.5. The molecule has 0 aliphatic carbocycles. The molecule has 0 unspecified atom stereocenters. The van der Waals surface area contributed by atoms with Crippen LogP contribution in [0.15, 0.2) is 58.8 Å². The Morgan fingerprint density at radius 2 is 2.03 bits per heavy atom. The first-order chi connectivity index (χ1) is 15.5. The van der Waals surface area contributed by atoms with Gasteiger partial charge in [0.05, 0.1) is 12.2 Å². The number of ketones is 1. The highest BCUT2D eigenvalue weighted by molar-refractivity contribution is 9.10. The predicted octanol–water partition coefficient (Wildman–Crippen LogP) is 6.47. The Bertz CT molecular complexity index is 1270. The Labute approximate surface area is 198 Å². The van der Waals surface area contributed by atoms with Gasteiger partial charge in [-0.05, 0) is 55.0 Å². The molecular formula is C25H18BrClO5. The molecule has 0 spiro atoms. The molecule has 0 bridgehead atoms. The number of carbonyl (C=O) groups excluding carboxylic acids is 1. The summed E-state index contributed by atoms with van der Waals surface area (Å²) in [5, 5.41) is 0.597. The minimum Gasteiger partial charge on any atom is -0.488 e. The van der Waals surface area contributed by atoms with Gasteiger partial charge in [0.15, 0.2) is 12.6 Å². The van der Waals surface area contributed by atoms with Crippen LogP contribution in [-0.2, 0) is 18.0 Å². The largest absolute Gasteiger partial charge is 0.488 e. The lowest BCUT2D eigenvalue weighted by Gasteiger charge is -2.21. The Balaban J connectivity index is 1.40. The number of halogens is 2. The monoisotopic (exact) mass is 512 g/mol. The minimum atomic E-state index is -0.163. The highest BCUT2D eigenvalue weighted by Crippen LogP contribution is 2.40. The lowest BCUT2D eigenvalue weighted by Crippen LogP contribution is -2.14. The van der Waals surface area contributed by atoms with Crippen LogP contribution in [0, 0.1) is 6.92 Å². The quantitative estimate of drug-likeness (QED) is 0.374. The van der Waals surface area contributed by atoms with Gasteiger partial charge in [0, 0.05) is 26.2 Å². The van der Waals surface area contributed by atoms with Crippen molar-refractivity contribution in [3.05, 3.63) is 91.6 Å². The first kappa shape index (κ1) is 21.1. The summed E-state index contributed by atoms with van der Waals surface area (Å²) in [6, 6.07) is 14.7. The van der Waals surface area contributed by atoms with E-state index in [1.165, 1.54) is 0 Å². The summed E-state index contributed by atoms with van der Waals surface area (Å²) in [5.74, 6) is 2.04. The molecule has 3 aromatic carbocycles. The number of hydrogen-bond donors (Lipinski definition) is 0. The van der Waals surface area contributed by atoms with Crippen molar-refractivity contribution >= 4 is 39.4 Å². The number of ether oxygens (including phenoxy) is 4. The zero-order chi connectivity index (χ0) is 22.2. The van der Waals surface area contributed by atoms with E-state index in [2.05, 4.69) is 15.9 Å². The maximum absolute atomic E-state index is 12.8. The first-order valence-electron chi connectivity index (χ1n) is 9.97. The molecule has 0 atom stereocenters. The van der Waals surface area contributed by atoms with Gasteiger partial charge in [0.1, 0.15) is 23.9 Å². The Hall–Kier alpha value is -2.80. The summed E-state index contributed by atoms with van der Waals surface area (Å²) < 4.78 is 24.0. The van der Waals surface area contributed by atoms with Crippen LogP contribution < -0.4 is 14.2 Å². The number of hydrogen-bond acceptors (Lipinski definition) is 5. The normalized spacial score (nSPS) is 15.7. The lowest BCUT2D eigenvalue weighted by atomic mass is 10.1. The van der Waals surface area contributed by atoms with Crippen molar-refractivity contribution in [2.45, 2.75) is 20.1 Å². The summed E-state index contributed by atoms with van der Waals surface area (Å²) in [7, 11) is 0. The van der Waals surface area contributed by atoms with Crippen molar-refractivity contribution < 1.29 is 23.7 Å². The molecule has 7 heteroatoms. The van der Waals surface area contributed by atoms with E-state index in [1.807, 2.05) is 31.2 Å². The predicted molar refractivity (Wildman–Crippen MR) is 124 cm³/mol. The summed E-state index contributed by atoms with van der Waals surface area (Å²) in [6.45, 7) is 2.90. The fraction of sp³-hybridized carbons (Fsp3) is 0.160. The van der Waals surface area contributed by atoms with E-state index < -0.39 is 0 Å². The topological polar surface area (TPSA) is 54.0 Å². The number of benzene rings is 3. The molecule has 0 N–H and O–H groups in total. The van der Waals surface area contributed by atoms with Crippen LogP contribution in [0.3, 0.4) is 0 Å². The fourth-order valence-corrected chi connectivity index (χ4v) is 4.54. The number of fused-ring (bicyclic) bond motifs is 2. The number of carbonyl (C=O) groups is 1. The van der Waals surface area contributed by atoms with Gasteiger partial charge in [0.2, 0.25) is 5.78 Å². The molecule has 2 aliphatic heterocycles. The van der Waals surface area contributed by atoms with Gasteiger partial charge in [-0.1, -0.05) is 39.7 Å². The second-order valence-electron chi connectivity index (χ2n) is 7.51. The van der Waals surface area contributed by atoms with Crippen LogP contribution in [0.4, 0.5) is 0 Å². The smallest absolute Gasteiger partial charge is 0.231 e. The van der Waals surface area contributed by atoms with Crippen LogP contribution >= 0.6 is 27.5 Å². The Kier molecular flexibility index (Phi) is 5.67. The maximum atomic E-state index is 12.8. The van der Waals surface area contributed by atoms with E-state index in [-0.39, 0.29) is 18.3 Å². The van der Waals surface area contributed by atoms with Gasteiger partial charge in [0.25, 0.3) is 0 Å². The van der Waals surface area contributed by atoms with Crippen molar-refractivity contribution in [3.8, 4) is 17.2 Å². The Morgan fingerprint density at radius 3 is 2.88 bits per heavy atom. The van der Waals surface area contributed by atoms with Gasteiger partial charge in [-0.25, -0.2) is 0 Å².